The number of hydrogen-bond donors (Lipinski definition) is 6. The minimum atomic E-state index is -5.15. The van der Waals surface area contributed by atoms with Gasteiger partial charge in [-0.1, -0.05) is 143 Å². The highest BCUT2D eigenvalue weighted by Crippen LogP contribution is 2.47. The topological polar surface area (TPSA) is 210 Å². The Bertz CT molecular complexity index is 1470. The van der Waals surface area contributed by atoms with Gasteiger partial charge in [-0.15, -0.1) is 0 Å². The number of carbonyl (C=O) groups excluding carboxylic acids is 2. The summed E-state index contributed by atoms with van der Waals surface area (Å²) in [5, 5.41) is 50.1. The average molecular weight is 907 g/mol. The minimum Gasteiger partial charge on any atom is -0.462 e. The molecule has 63 heavy (non-hydrogen) atoms. The predicted octanol–water partition coefficient (Wildman–Crippen LogP) is 9.05. The molecule has 0 bridgehead atoms. The number of carbonyl (C=O) groups is 2. The Morgan fingerprint density at radius 2 is 0.905 bits per heavy atom. The van der Waals surface area contributed by atoms with Gasteiger partial charge in [-0.2, -0.15) is 0 Å². The molecule has 6 N–H and O–H groups in total. The summed E-state index contributed by atoms with van der Waals surface area (Å²) >= 11 is 0. The van der Waals surface area contributed by atoms with Gasteiger partial charge in [0.25, 0.3) is 0 Å². The number of ether oxygens (including phenoxy) is 2. The molecule has 8 atom stereocenters. The first kappa shape index (κ1) is 57.8. The van der Waals surface area contributed by atoms with Crippen LogP contribution in [-0.2, 0) is 32.7 Å². The number of aliphatic hydroxyl groups is 5. The molecule has 1 rings (SSSR count). The first-order valence-corrected chi connectivity index (χ1v) is 24.5. The molecule has 358 valence electrons. The van der Waals surface area contributed by atoms with Crippen LogP contribution in [0.2, 0.25) is 0 Å². The summed E-state index contributed by atoms with van der Waals surface area (Å²) in [5.74, 6) is -1.24. The summed E-state index contributed by atoms with van der Waals surface area (Å²) in [6.45, 7) is 3.07. The molecule has 1 saturated carbocycles. The van der Waals surface area contributed by atoms with E-state index in [0.717, 1.165) is 51.4 Å². The standard InChI is InChI=1S/C49H79O13P/c1-3-5-7-9-11-13-15-17-19-21-23-25-27-29-31-33-35-37-42(50)59-39-41(40-60-63(57,58)62-49-47(55)45(53)44(52)46(54)48(49)56)61-43(51)38-36-34-32-30-28-26-24-22-20-18-16-14-12-10-8-6-4-2/h5,7,11,13,17-20,23-26,29-32,41,44-49,52-56H,3-4,6,8-10,12,14-16,21-22,27-28,33-40H2,1-2H3,(H,57,58)/b7-5+,13-11+,19-17+,20-18+,25-23+,26-24+,31-29+,32-30+/t41-,44?,45-,46?,47?,48?,49?/m0/s1. The van der Waals surface area contributed by atoms with Gasteiger partial charge in [-0.25, -0.2) is 4.57 Å². The smallest absolute Gasteiger partial charge is 0.462 e. The van der Waals surface area contributed by atoms with Gasteiger partial charge in [0.2, 0.25) is 0 Å². The second kappa shape index (κ2) is 38.1. The maximum Gasteiger partial charge on any atom is 0.472 e. The molecule has 13 nitrogen and oxygen atoms in total. The monoisotopic (exact) mass is 907 g/mol. The van der Waals surface area contributed by atoms with Crippen LogP contribution in [0.1, 0.15) is 142 Å². The Morgan fingerprint density at radius 3 is 1.38 bits per heavy atom. The SMILES string of the molecule is CC/C=C/C/C=C/C/C=C/C/C=C/C/C=C/CCCC(=O)OC[C@@H](COP(=O)(O)OC1C(O)C(O)C(O)[C@H](O)C1O)OC(=O)CCC/C=C/C/C=C/C/C=C/CCCCCCCC. The van der Waals surface area contributed by atoms with E-state index in [1.807, 2.05) is 24.3 Å². The molecule has 0 aromatic carbocycles. The molecule has 0 radical (unpaired) electrons. The Kier molecular flexibility index (Phi) is 34.9. The molecule has 0 saturated heterocycles. The van der Waals surface area contributed by atoms with Crippen molar-refractivity contribution < 1.29 is 63.1 Å². The zero-order chi connectivity index (χ0) is 46.4. The van der Waals surface area contributed by atoms with Crippen LogP contribution in [0, 0.1) is 0 Å². The van der Waals surface area contributed by atoms with Crippen molar-refractivity contribution in [3.63, 3.8) is 0 Å². The number of rotatable bonds is 36. The van der Waals surface area contributed by atoms with Gasteiger partial charge < -0.3 is 39.9 Å². The van der Waals surface area contributed by atoms with Crippen molar-refractivity contribution >= 4 is 19.8 Å². The summed E-state index contributed by atoms with van der Waals surface area (Å²) in [7, 11) is -5.15. The summed E-state index contributed by atoms with van der Waals surface area (Å²) < 4.78 is 33.4. The normalized spacial score (nSPS) is 22.6. The lowest BCUT2D eigenvalue weighted by Gasteiger charge is -2.41. The maximum atomic E-state index is 12.8. The van der Waals surface area contributed by atoms with E-state index in [1.54, 1.807) is 0 Å². The fourth-order valence-corrected chi connectivity index (χ4v) is 7.19. The molecule has 0 aliphatic heterocycles. The Morgan fingerprint density at radius 1 is 0.508 bits per heavy atom. The number of esters is 2. The molecule has 0 heterocycles. The zero-order valence-corrected chi connectivity index (χ0v) is 38.7. The molecule has 0 spiro atoms. The van der Waals surface area contributed by atoms with Gasteiger partial charge in [0, 0.05) is 12.8 Å². The summed E-state index contributed by atoms with van der Waals surface area (Å²) in [6, 6.07) is 0. The van der Waals surface area contributed by atoms with Crippen molar-refractivity contribution in [2.75, 3.05) is 13.2 Å². The van der Waals surface area contributed by atoms with Crippen molar-refractivity contribution in [3.05, 3.63) is 97.2 Å². The van der Waals surface area contributed by atoms with Crippen LogP contribution in [-0.4, -0.2) is 98.3 Å². The van der Waals surface area contributed by atoms with Crippen LogP contribution in [0.4, 0.5) is 0 Å². The number of unbranched alkanes of at least 4 members (excludes halogenated alkanes) is 8. The van der Waals surface area contributed by atoms with Crippen molar-refractivity contribution in [2.24, 2.45) is 0 Å². The van der Waals surface area contributed by atoms with Gasteiger partial charge in [0.05, 0.1) is 6.61 Å². The lowest BCUT2D eigenvalue weighted by Crippen LogP contribution is -2.64. The van der Waals surface area contributed by atoms with Crippen molar-refractivity contribution in [1.82, 2.24) is 0 Å². The predicted molar refractivity (Wildman–Crippen MR) is 248 cm³/mol. The molecular weight excluding hydrogens is 827 g/mol. The number of hydrogen-bond acceptors (Lipinski definition) is 12. The van der Waals surface area contributed by atoms with Gasteiger partial charge >= 0.3 is 19.8 Å². The minimum absolute atomic E-state index is 0.00706. The number of phosphoric ester groups is 1. The van der Waals surface area contributed by atoms with E-state index in [4.69, 9.17) is 18.5 Å². The molecule has 6 unspecified atom stereocenters. The third kappa shape index (κ3) is 30.5. The van der Waals surface area contributed by atoms with E-state index in [1.165, 1.54) is 38.5 Å². The van der Waals surface area contributed by atoms with E-state index in [9.17, 15) is 44.6 Å². The van der Waals surface area contributed by atoms with E-state index in [0.29, 0.717) is 25.7 Å². The Labute approximate surface area is 377 Å². The molecule has 0 aromatic heterocycles. The van der Waals surface area contributed by atoms with Gasteiger partial charge in [0.1, 0.15) is 43.2 Å². The largest absolute Gasteiger partial charge is 0.472 e. The fraction of sp³-hybridized carbons (Fsp3) is 0.633. The van der Waals surface area contributed by atoms with E-state index in [2.05, 4.69) is 86.8 Å². The molecule has 1 aliphatic rings. The van der Waals surface area contributed by atoms with Crippen LogP contribution < -0.4 is 0 Å². The summed E-state index contributed by atoms with van der Waals surface area (Å²) in [6.07, 6.45) is 37.6. The number of aliphatic hydroxyl groups excluding tert-OH is 5. The fourth-order valence-electron chi connectivity index (χ4n) is 6.22. The molecule has 0 aromatic rings. The highest BCUT2D eigenvalue weighted by atomic mass is 31.2. The third-order valence-corrected chi connectivity index (χ3v) is 10.9. The number of phosphoric acid groups is 1. The summed E-state index contributed by atoms with van der Waals surface area (Å²) in [4.78, 5) is 35.7. The van der Waals surface area contributed by atoms with Crippen molar-refractivity contribution in [1.29, 1.82) is 0 Å². The lowest BCUT2D eigenvalue weighted by atomic mass is 9.85. The van der Waals surface area contributed by atoms with Crippen LogP contribution in [0.5, 0.6) is 0 Å². The molecule has 1 aliphatic carbocycles. The van der Waals surface area contributed by atoms with Crippen LogP contribution >= 0.6 is 7.82 Å². The third-order valence-electron chi connectivity index (χ3n) is 9.91. The highest BCUT2D eigenvalue weighted by Gasteiger charge is 2.51. The van der Waals surface area contributed by atoms with Crippen LogP contribution in [0.3, 0.4) is 0 Å². The van der Waals surface area contributed by atoms with E-state index >= 15 is 0 Å². The van der Waals surface area contributed by atoms with Gasteiger partial charge in [0.15, 0.2) is 6.10 Å². The second-order valence-electron chi connectivity index (χ2n) is 15.5. The van der Waals surface area contributed by atoms with Crippen LogP contribution in [0.15, 0.2) is 97.2 Å². The molecule has 14 heteroatoms. The molecular formula is C49H79O13P. The van der Waals surface area contributed by atoms with Gasteiger partial charge in [-0.05, 0) is 83.5 Å². The average Bonchev–Trinajstić information content (AvgIpc) is 3.26. The lowest BCUT2D eigenvalue weighted by molar-refractivity contribution is -0.220. The quantitative estimate of drug-likeness (QED) is 0.0150. The molecule has 1 fully saturated rings. The van der Waals surface area contributed by atoms with Crippen LogP contribution in [0.25, 0.3) is 0 Å². The second-order valence-corrected chi connectivity index (χ2v) is 16.9. The number of allylic oxidation sites excluding steroid dienone is 16. The first-order chi connectivity index (χ1) is 30.4. The zero-order valence-electron chi connectivity index (χ0n) is 37.8. The molecule has 0 amide bonds. The van der Waals surface area contributed by atoms with E-state index < -0.39 is 75.7 Å². The van der Waals surface area contributed by atoms with Gasteiger partial charge in [-0.3, -0.25) is 18.6 Å². The van der Waals surface area contributed by atoms with E-state index in [-0.39, 0.29) is 12.8 Å². The Balaban J connectivity index is 2.55. The van der Waals surface area contributed by atoms with Crippen molar-refractivity contribution in [2.45, 2.75) is 185 Å². The Hall–Kier alpha value is -3.23. The maximum absolute atomic E-state index is 12.8. The summed E-state index contributed by atoms with van der Waals surface area (Å²) in [5.41, 5.74) is 0. The highest BCUT2D eigenvalue weighted by molar-refractivity contribution is 7.47. The van der Waals surface area contributed by atoms with Crippen molar-refractivity contribution in [3.8, 4) is 0 Å². The first-order valence-electron chi connectivity index (χ1n) is 23.0.